The Morgan fingerprint density at radius 3 is 2.71 bits per heavy atom. The Hall–Kier alpha value is -1.13. The molecule has 1 aromatic rings. The van der Waals surface area contributed by atoms with Gasteiger partial charge in [-0.2, -0.15) is 0 Å². The van der Waals surface area contributed by atoms with Crippen LogP contribution in [0.4, 0.5) is 5.82 Å². The van der Waals surface area contributed by atoms with E-state index >= 15 is 0 Å². The third kappa shape index (κ3) is 1.81. The van der Waals surface area contributed by atoms with Crippen molar-refractivity contribution in [3.8, 4) is 0 Å². The number of piperidine rings is 1. The van der Waals surface area contributed by atoms with Crippen LogP contribution in [-0.2, 0) is 5.60 Å². The number of rotatable bonds is 1. The zero-order chi connectivity index (χ0) is 12.0. The first kappa shape index (κ1) is 11.0. The van der Waals surface area contributed by atoms with Crippen LogP contribution in [-0.4, -0.2) is 22.2 Å². The second kappa shape index (κ2) is 3.68. The molecule has 0 radical (unpaired) electrons. The molecule has 92 valence electrons. The number of aromatic nitrogens is 1. The molecule has 3 rings (SSSR count). The molecule has 4 heteroatoms. The molecule has 0 saturated carbocycles. The molecule has 2 atom stereocenters. The van der Waals surface area contributed by atoms with Crippen LogP contribution in [0.1, 0.15) is 36.8 Å². The van der Waals surface area contributed by atoms with E-state index in [4.69, 9.17) is 5.73 Å². The molecule has 2 aliphatic heterocycles. The lowest BCUT2D eigenvalue weighted by Crippen LogP contribution is -2.47. The molecule has 0 aliphatic carbocycles. The van der Waals surface area contributed by atoms with Gasteiger partial charge in [0.1, 0.15) is 5.82 Å². The van der Waals surface area contributed by atoms with Crippen LogP contribution in [0.25, 0.3) is 0 Å². The molecule has 4 nitrogen and oxygen atoms in total. The summed E-state index contributed by atoms with van der Waals surface area (Å²) in [6.45, 7) is 1.98. The fraction of sp³-hybridized carbons (Fsp3) is 0.615. The number of hydrogen-bond donors (Lipinski definition) is 3. The Kier molecular flexibility index (Phi) is 2.38. The summed E-state index contributed by atoms with van der Waals surface area (Å²) < 4.78 is 0. The number of nitrogens with two attached hydrogens (primary N) is 1. The zero-order valence-electron chi connectivity index (χ0n) is 10.1. The molecule has 3 heterocycles. The van der Waals surface area contributed by atoms with Crippen LogP contribution in [0, 0.1) is 6.92 Å². The molecule has 17 heavy (non-hydrogen) atoms. The maximum atomic E-state index is 10.9. The van der Waals surface area contributed by atoms with E-state index in [1.165, 1.54) is 0 Å². The van der Waals surface area contributed by atoms with Gasteiger partial charge >= 0.3 is 0 Å². The number of nitrogens with one attached hydrogen (secondary N) is 1. The summed E-state index contributed by atoms with van der Waals surface area (Å²) in [5.74, 6) is 0.472. The molecule has 0 amide bonds. The Balaban J connectivity index is 1.99. The van der Waals surface area contributed by atoms with Crippen molar-refractivity contribution in [2.45, 2.75) is 50.3 Å². The maximum absolute atomic E-state index is 10.9. The summed E-state index contributed by atoms with van der Waals surface area (Å²) >= 11 is 0. The lowest BCUT2D eigenvalue weighted by atomic mass is 9.81. The molecule has 0 aromatic carbocycles. The highest BCUT2D eigenvalue weighted by atomic mass is 16.3. The maximum Gasteiger partial charge on any atom is 0.129 e. The van der Waals surface area contributed by atoms with E-state index in [1.807, 2.05) is 13.0 Å². The average Bonchev–Trinajstić information content (AvgIpc) is 2.62. The van der Waals surface area contributed by atoms with E-state index in [9.17, 15) is 5.11 Å². The fourth-order valence-electron chi connectivity index (χ4n) is 3.30. The van der Waals surface area contributed by atoms with Crippen molar-refractivity contribution < 1.29 is 5.11 Å². The highest BCUT2D eigenvalue weighted by Gasteiger charge is 2.44. The second-order valence-electron chi connectivity index (χ2n) is 5.52. The molecule has 2 saturated heterocycles. The number of nitrogen functional groups attached to an aromatic ring is 1. The predicted octanol–water partition coefficient (Wildman–Crippen LogP) is 1.07. The third-order valence-corrected chi connectivity index (χ3v) is 4.06. The SMILES string of the molecule is Cc1cnc(N)c(C2(O)CC3CCC(C2)N3)c1. The van der Waals surface area contributed by atoms with Gasteiger partial charge in [-0.1, -0.05) is 0 Å². The van der Waals surface area contributed by atoms with Gasteiger partial charge in [-0.25, -0.2) is 4.98 Å². The van der Waals surface area contributed by atoms with Gasteiger partial charge < -0.3 is 16.2 Å². The van der Waals surface area contributed by atoms with Gasteiger partial charge in [0.05, 0.1) is 5.60 Å². The summed E-state index contributed by atoms with van der Waals surface area (Å²) in [6.07, 6.45) is 5.56. The number of pyridine rings is 1. The van der Waals surface area contributed by atoms with Crippen molar-refractivity contribution in [1.82, 2.24) is 10.3 Å². The van der Waals surface area contributed by atoms with E-state index in [-0.39, 0.29) is 0 Å². The van der Waals surface area contributed by atoms with Crippen LogP contribution in [0.3, 0.4) is 0 Å². The van der Waals surface area contributed by atoms with Crippen LogP contribution in [0.15, 0.2) is 12.3 Å². The molecule has 2 aliphatic rings. The number of aryl methyl sites for hydroxylation is 1. The van der Waals surface area contributed by atoms with Gasteiger partial charge in [-0.05, 0) is 44.2 Å². The normalized spacial score (nSPS) is 36.1. The Morgan fingerprint density at radius 2 is 2.06 bits per heavy atom. The quantitative estimate of drug-likeness (QED) is 0.678. The molecule has 0 spiro atoms. The summed E-state index contributed by atoms with van der Waals surface area (Å²) in [7, 11) is 0. The van der Waals surface area contributed by atoms with Crippen molar-refractivity contribution in [2.75, 3.05) is 5.73 Å². The van der Waals surface area contributed by atoms with Crippen LogP contribution >= 0.6 is 0 Å². The zero-order valence-corrected chi connectivity index (χ0v) is 10.1. The second-order valence-corrected chi connectivity index (χ2v) is 5.52. The van der Waals surface area contributed by atoms with Gasteiger partial charge in [-0.15, -0.1) is 0 Å². The number of hydrogen-bond acceptors (Lipinski definition) is 4. The number of anilines is 1. The van der Waals surface area contributed by atoms with E-state index in [0.717, 1.165) is 36.8 Å². The lowest BCUT2D eigenvalue weighted by Gasteiger charge is -2.37. The Bertz CT molecular complexity index is 434. The highest BCUT2D eigenvalue weighted by molar-refractivity contribution is 5.45. The van der Waals surface area contributed by atoms with Gasteiger partial charge in [0.15, 0.2) is 0 Å². The van der Waals surface area contributed by atoms with Crippen molar-refractivity contribution in [2.24, 2.45) is 0 Å². The monoisotopic (exact) mass is 233 g/mol. The Morgan fingerprint density at radius 1 is 1.41 bits per heavy atom. The summed E-state index contributed by atoms with van der Waals surface area (Å²) in [4.78, 5) is 4.17. The van der Waals surface area contributed by atoms with Crippen LogP contribution in [0.5, 0.6) is 0 Å². The first-order valence-electron chi connectivity index (χ1n) is 6.28. The molecule has 2 fully saturated rings. The van der Waals surface area contributed by atoms with E-state index in [0.29, 0.717) is 17.9 Å². The van der Waals surface area contributed by atoms with E-state index in [1.54, 1.807) is 6.20 Å². The average molecular weight is 233 g/mol. The molecule has 2 unspecified atom stereocenters. The molecule has 2 bridgehead atoms. The van der Waals surface area contributed by atoms with Gasteiger partial charge in [0, 0.05) is 23.8 Å². The van der Waals surface area contributed by atoms with Crippen LogP contribution in [0.2, 0.25) is 0 Å². The predicted molar refractivity (Wildman–Crippen MR) is 66.5 cm³/mol. The van der Waals surface area contributed by atoms with Crippen molar-refractivity contribution in [3.63, 3.8) is 0 Å². The van der Waals surface area contributed by atoms with Gasteiger partial charge in [-0.3, -0.25) is 0 Å². The molecule has 4 N–H and O–H groups in total. The first-order chi connectivity index (χ1) is 8.07. The minimum atomic E-state index is -0.791. The highest BCUT2D eigenvalue weighted by Crippen LogP contribution is 2.42. The minimum Gasteiger partial charge on any atom is -0.385 e. The molecular weight excluding hydrogens is 214 g/mol. The standard InChI is InChI=1S/C13H19N3O/c1-8-4-11(12(14)15-7-8)13(17)5-9-2-3-10(6-13)16-9/h4,7,9-10,16-17H,2-3,5-6H2,1H3,(H2,14,15). The third-order valence-electron chi connectivity index (χ3n) is 4.06. The molecular formula is C13H19N3O. The minimum absolute atomic E-state index is 0.429. The number of fused-ring (bicyclic) bond motifs is 2. The fourth-order valence-corrected chi connectivity index (χ4v) is 3.30. The summed E-state index contributed by atoms with van der Waals surface area (Å²) in [6, 6.07) is 2.84. The summed E-state index contributed by atoms with van der Waals surface area (Å²) in [5, 5.41) is 14.4. The topological polar surface area (TPSA) is 71.2 Å². The van der Waals surface area contributed by atoms with E-state index < -0.39 is 5.60 Å². The van der Waals surface area contributed by atoms with E-state index in [2.05, 4.69) is 10.3 Å². The van der Waals surface area contributed by atoms with Crippen molar-refractivity contribution in [3.05, 3.63) is 23.4 Å². The van der Waals surface area contributed by atoms with Gasteiger partial charge in [0.2, 0.25) is 0 Å². The molecule has 1 aromatic heterocycles. The Labute approximate surface area is 101 Å². The summed E-state index contributed by atoms with van der Waals surface area (Å²) in [5.41, 5.74) is 7.00. The number of nitrogens with zero attached hydrogens (tertiary/aromatic N) is 1. The first-order valence-corrected chi connectivity index (χ1v) is 6.28. The van der Waals surface area contributed by atoms with Crippen molar-refractivity contribution in [1.29, 1.82) is 0 Å². The van der Waals surface area contributed by atoms with Gasteiger partial charge in [0.25, 0.3) is 0 Å². The smallest absolute Gasteiger partial charge is 0.129 e. The lowest BCUT2D eigenvalue weighted by molar-refractivity contribution is -0.0110. The largest absolute Gasteiger partial charge is 0.385 e. The number of aliphatic hydroxyl groups is 1. The van der Waals surface area contributed by atoms with Crippen molar-refractivity contribution >= 4 is 5.82 Å². The van der Waals surface area contributed by atoms with Crippen LogP contribution < -0.4 is 11.1 Å².